The molecule has 55 heavy (non-hydrogen) atoms. The Kier molecular flexibility index (Phi) is 20.5. The molecule has 0 spiro atoms. The molecule has 0 heterocycles. The minimum Gasteiger partial charge on any atom is -0.344 e. The Hall–Kier alpha value is -5.40. The summed E-state index contributed by atoms with van der Waals surface area (Å²) in [6.45, 7) is 23.7. The van der Waals surface area contributed by atoms with Crippen LogP contribution in [0.2, 0.25) is 0 Å². The molecule has 2 aromatic carbocycles. The predicted octanol–water partition coefficient (Wildman–Crippen LogP) is 15.7. The van der Waals surface area contributed by atoms with Gasteiger partial charge in [-0.3, -0.25) is 0 Å². The SMILES string of the molecule is C=CCCC/C=C\C(C)c1ccc(C(/C=C\CN(/C=C\C(=C/CC)C2=CC=CCC2)c2ccc(/C(C=C)=C/C=C\C)cc2)=C(/C=C)C(C)/C=C\C=C/C)cc1. The molecule has 3 rings (SSSR count). The van der Waals surface area contributed by atoms with Crippen molar-refractivity contribution in [2.24, 2.45) is 5.92 Å². The van der Waals surface area contributed by atoms with Gasteiger partial charge < -0.3 is 4.90 Å². The molecule has 0 aliphatic heterocycles. The highest BCUT2D eigenvalue weighted by atomic mass is 15.1. The van der Waals surface area contributed by atoms with E-state index in [-0.39, 0.29) is 5.92 Å². The van der Waals surface area contributed by atoms with Crippen molar-refractivity contribution in [3.8, 4) is 0 Å². The minimum absolute atomic E-state index is 0.184. The van der Waals surface area contributed by atoms with E-state index >= 15 is 0 Å². The molecular formula is C54H65N. The van der Waals surface area contributed by atoms with Crippen molar-refractivity contribution < 1.29 is 0 Å². The molecule has 0 radical (unpaired) electrons. The smallest absolute Gasteiger partial charge is 0.0409 e. The van der Waals surface area contributed by atoms with Crippen molar-refractivity contribution in [1.82, 2.24) is 0 Å². The van der Waals surface area contributed by atoms with Crippen LogP contribution in [0.25, 0.3) is 11.1 Å². The first-order valence-corrected chi connectivity index (χ1v) is 20.2. The van der Waals surface area contributed by atoms with E-state index in [1.807, 2.05) is 38.2 Å². The summed E-state index contributed by atoms with van der Waals surface area (Å²) in [6, 6.07) is 17.9. The number of rotatable bonds is 22. The Morgan fingerprint density at radius 3 is 2.18 bits per heavy atom. The number of allylic oxidation sites excluding steroid dienone is 23. The first kappa shape index (κ1) is 44.0. The number of unbranched alkanes of at least 4 members (excludes halogenated alkanes) is 2. The summed E-state index contributed by atoms with van der Waals surface area (Å²) >= 11 is 0. The lowest BCUT2D eigenvalue weighted by molar-refractivity contribution is 0.857. The molecule has 2 atom stereocenters. The highest BCUT2D eigenvalue weighted by molar-refractivity contribution is 5.79. The molecule has 1 aliphatic carbocycles. The van der Waals surface area contributed by atoms with Crippen LogP contribution in [-0.4, -0.2) is 6.54 Å². The van der Waals surface area contributed by atoms with Crippen LogP contribution in [0, 0.1) is 5.92 Å². The van der Waals surface area contributed by atoms with Crippen molar-refractivity contribution in [1.29, 1.82) is 0 Å². The third-order valence-corrected chi connectivity index (χ3v) is 9.73. The molecule has 0 amide bonds. The van der Waals surface area contributed by atoms with Gasteiger partial charge in [-0.15, -0.1) is 6.58 Å². The molecule has 0 bridgehead atoms. The number of benzene rings is 2. The fourth-order valence-electron chi connectivity index (χ4n) is 6.51. The summed E-state index contributed by atoms with van der Waals surface area (Å²) in [6.07, 6.45) is 49.8. The second-order valence-electron chi connectivity index (χ2n) is 13.8. The number of nitrogens with zero attached hydrogens (tertiary/aromatic N) is 1. The lowest BCUT2D eigenvalue weighted by Gasteiger charge is -2.21. The molecule has 0 saturated heterocycles. The van der Waals surface area contributed by atoms with Gasteiger partial charge >= 0.3 is 0 Å². The molecule has 0 aromatic heterocycles. The second-order valence-corrected chi connectivity index (χ2v) is 13.8. The van der Waals surface area contributed by atoms with Crippen LogP contribution in [0.5, 0.6) is 0 Å². The summed E-state index contributed by atoms with van der Waals surface area (Å²) in [5, 5.41) is 0. The molecule has 286 valence electrons. The van der Waals surface area contributed by atoms with Crippen LogP contribution in [0.4, 0.5) is 5.69 Å². The predicted molar refractivity (Wildman–Crippen MR) is 248 cm³/mol. The molecule has 1 nitrogen and oxygen atoms in total. The van der Waals surface area contributed by atoms with Gasteiger partial charge in [0.15, 0.2) is 0 Å². The van der Waals surface area contributed by atoms with Crippen molar-refractivity contribution in [2.75, 3.05) is 11.4 Å². The van der Waals surface area contributed by atoms with E-state index in [1.165, 1.54) is 33.4 Å². The Bertz CT molecular complexity index is 1850. The molecule has 0 fully saturated rings. The normalized spacial score (nSPS) is 15.8. The first-order chi connectivity index (χ1) is 26.9. The van der Waals surface area contributed by atoms with Crippen molar-refractivity contribution in [2.45, 2.75) is 79.1 Å². The lowest BCUT2D eigenvalue weighted by Crippen LogP contribution is -2.16. The number of hydrogen-bond donors (Lipinski definition) is 0. The third-order valence-electron chi connectivity index (χ3n) is 9.73. The Morgan fingerprint density at radius 2 is 1.55 bits per heavy atom. The molecular weight excluding hydrogens is 663 g/mol. The highest BCUT2D eigenvalue weighted by Gasteiger charge is 2.12. The average Bonchev–Trinajstić information content (AvgIpc) is 3.22. The van der Waals surface area contributed by atoms with E-state index in [9.17, 15) is 0 Å². The van der Waals surface area contributed by atoms with Crippen molar-refractivity contribution >= 4 is 16.8 Å². The molecule has 1 aliphatic rings. The van der Waals surface area contributed by atoms with Crippen LogP contribution in [-0.2, 0) is 0 Å². The van der Waals surface area contributed by atoms with Crippen LogP contribution in [0.1, 0.15) is 95.8 Å². The van der Waals surface area contributed by atoms with Gasteiger partial charge in [-0.25, -0.2) is 0 Å². The van der Waals surface area contributed by atoms with Crippen molar-refractivity contribution in [3.05, 3.63) is 223 Å². The van der Waals surface area contributed by atoms with Gasteiger partial charge in [0.05, 0.1) is 0 Å². The van der Waals surface area contributed by atoms with E-state index in [2.05, 4.69) is 191 Å². The quantitative estimate of drug-likeness (QED) is 0.0663. The van der Waals surface area contributed by atoms with Crippen LogP contribution < -0.4 is 4.90 Å². The molecule has 2 aromatic rings. The summed E-state index contributed by atoms with van der Waals surface area (Å²) in [7, 11) is 0. The Balaban J connectivity index is 2.06. The highest BCUT2D eigenvalue weighted by Crippen LogP contribution is 2.30. The zero-order chi connectivity index (χ0) is 39.7. The molecule has 2 unspecified atom stereocenters. The van der Waals surface area contributed by atoms with E-state index in [0.29, 0.717) is 12.5 Å². The Labute approximate surface area is 335 Å². The largest absolute Gasteiger partial charge is 0.344 e. The fraction of sp³-hybridized carbons (Fsp3) is 0.259. The molecule has 0 N–H and O–H groups in total. The molecule has 1 heteroatoms. The fourth-order valence-corrected chi connectivity index (χ4v) is 6.51. The zero-order valence-electron chi connectivity index (χ0n) is 34.3. The maximum Gasteiger partial charge on any atom is 0.0409 e. The van der Waals surface area contributed by atoms with Gasteiger partial charge in [0.1, 0.15) is 0 Å². The van der Waals surface area contributed by atoms with Gasteiger partial charge in [-0.1, -0.05) is 180 Å². The maximum atomic E-state index is 4.29. The van der Waals surface area contributed by atoms with Gasteiger partial charge in [0, 0.05) is 18.4 Å². The van der Waals surface area contributed by atoms with Crippen LogP contribution in [0.3, 0.4) is 0 Å². The average molecular weight is 728 g/mol. The van der Waals surface area contributed by atoms with E-state index in [1.54, 1.807) is 0 Å². The third kappa shape index (κ3) is 14.7. The van der Waals surface area contributed by atoms with E-state index < -0.39 is 0 Å². The summed E-state index contributed by atoms with van der Waals surface area (Å²) in [5.74, 6) is 0.533. The van der Waals surface area contributed by atoms with Gasteiger partial charge in [0.25, 0.3) is 0 Å². The number of hydrogen-bond acceptors (Lipinski definition) is 1. The molecule has 0 saturated carbocycles. The van der Waals surface area contributed by atoms with Crippen LogP contribution in [0.15, 0.2) is 207 Å². The minimum atomic E-state index is 0.184. The van der Waals surface area contributed by atoms with Gasteiger partial charge in [-0.05, 0) is 127 Å². The van der Waals surface area contributed by atoms with E-state index in [4.69, 9.17) is 0 Å². The van der Waals surface area contributed by atoms with Crippen molar-refractivity contribution in [3.63, 3.8) is 0 Å². The van der Waals surface area contributed by atoms with Gasteiger partial charge in [-0.2, -0.15) is 0 Å². The summed E-state index contributed by atoms with van der Waals surface area (Å²) in [4.78, 5) is 2.33. The summed E-state index contributed by atoms with van der Waals surface area (Å²) in [5.41, 5.74) is 10.9. The van der Waals surface area contributed by atoms with E-state index in [0.717, 1.165) is 55.3 Å². The lowest BCUT2D eigenvalue weighted by atomic mass is 9.89. The first-order valence-electron chi connectivity index (χ1n) is 20.2. The standard InChI is InChI=1S/C54H65N/c1-9-15-18-19-22-27-44(7)47-33-35-51(36-34-47)54(53(14-6)45(8)28-21-16-10-2)32-25-42-55(43-41-48(26-12-4)49-30-23-20-24-31-49)52-39-37-50(38-40-52)46(13-5)29-17-11-3/h9-11,13-14,16-17,20-23,25-30,32-41,43-45H,1,5-6,12,15,18-19,24,31,42H2,2-4,7-8H3/b16-10-,17-11-,27-22-,28-21-,32-25-,43-41-,46-29+,48-26+,54-53-. The topological polar surface area (TPSA) is 3.24 Å². The monoisotopic (exact) mass is 728 g/mol. The van der Waals surface area contributed by atoms with Gasteiger partial charge in [0.2, 0.25) is 0 Å². The number of anilines is 1. The zero-order valence-corrected chi connectivity index (χ0v) is 34.3. The second kappa shape index (κ2) is 25.6. The maximum absolute atomic E-state index is 4.29. The summed E-state index contributed by atoms with van der Waals surface area (Å²) < 4.78 is 0. The Morgan fingerprint density at radius 1 is 0.800 bits per heavy atom. The van der Waals surface area contributed by atoms with Crippen LogP contribution >= 0.6 is 0 Å².